The third kappa shape index (κ3) is 1.91. The van der Waals surface area contributed by atoms with Gasteiger partial charge in [0.05, 0.1) is 0 Å². The Kier molecular flexibility index (Phi) is 3.24. The van der Waals surface area contributed by atoms with Crippen LogP contribution in [0.3, 0.4) is 0 Å². The molecular formula is C10H13NO4. The third-order valence-corrected chi connectivity index (χ3v) is 2.59. The van der Waals surface area contributed by atoms with E-state index < -0.39 is 22.3 Å². The Morgan fingerprint density at radius 2 is 2.27 bits per heavy atom. The molecule has 0 saturated heterocycles. The van der Waals surface area contributed by atoms with Gasteiger partial charge < -0.3 is 5.11 Å². The van der Waals surface area contributed by atoms with Gasteiger partial charge in [-0.3, -0.25) is 14.9 Å². The SMILES string of the molecule is CCCC1([N+](=O)[O-])C=CC=CC1C(=O)O. The fourth-order valence-corrected chi connectivity index (χ4v) is 1.87. The molecule has 15 heavy (non-hydrogen) atoms. The topological polar surface area (TPSA) is 80.4 Å². The van der Waals surface area contributed by atoms with Crippen LogP contribution in [-0.2, 0) is 4.79 Å². The summed E-state index contributed by atoms with van der Waals surface area (Å²) in [5.41, 5.74) is -1.48. The molecule has 0 heterocycles. The summed E-state index contributed by atoms with van der Waals surface area (Å²) in [6.45, 7) is 1.80. The van der Waals surface area contributed by atoms with Crippen LogP contribution >= 0.6 is 0 Å². The van der Waals surface area contributed by atoms with E-state index in [1.165, 1.54) is 24.3 Å². The summed E-state index contributed by atoms with van der Waals surface area (Å²) in [6, 6.07) is 0. The number of carboxylic acids is 1. The number of rotatable bonds is 4. The van der Waals surface area contributed by atoms with Crippen LogP contribution in [0.4, 0.5) is 0 Å². The highest BCUT2D eigenvalue weighted by Crippen LogP contribution is 2.32. The first-order valence-electron chi connectivity index (χ1n) is 4.78. The minimum Gasteiger partial charge on any atom is -0.481 e. The molecule has 0 aromatic heterocycles. The van der Waals surface area contributed by atoms with E-state index in [0.717, 1.165) is 0 Å². The van der Waals surface area contributed by atoms with Crippen LogP contribution in [0, 0.1) is 16.0 Å². The van der Waals surface area contributed by atoms with E-state index in [0.29, 0.717) is 6.42 Å². The third-order valence-electron chi connectivity index (χ3n) is 2.59. The molecule has 0 amide bonds. The molecule has 0 radical (unpaired) electrons. The van der Waals surface area contributed by atoms with Gasteiger partial charge in [-0.15, -0.1) is 0 Å². The van der Waals surface area contributed by atoms with Gasteiger partial charge >= 0.3 is 5.97 Å². The first-order valence-corrected chi connectivity index (χ1v) is 4.78. The lowest BCUT2D eigenvalue weighted by atomic mass is 9.78. The lowest BCUT2D eigenvalue weighted by Crippen LogP contribution is -2.47. The van der Waals surface area contributed by atoms with Crippen LogP contribution in [0.1, 0.15) is 19.8 Å². The van der Waals surface area contributed by atoms with Crippen molar-refractivity contribution in [1.29, 1.82) is 0 Å². The molecule has 1 aliphatic carbocycles. The molecule has 0 aromatic carbocycles. The maximum Gasteiger partial charge on any atom is 0.318 e. The van der Waals surface area contributed by atoms with Crippen LogP contribution < -0.4 is 0 Å². The average Bonchev–Trinajstić information content (AvgIpc) is 2.18. The van der Waals surface area contributed by atoms with Gasteiger partial charge in [0.1, 0.15) is 5.92 Å². The van der Waals surface area contributed by atoms with E-state index in [1.807, 2.05) is 0 Å². The minimum absolute atomic E-state index is 0.234. The van der Waals surface area contributed by atoms with E-state index in [9.17, 15) is 14.9 Å². The number of nitro groups is 1. The van der Waals surface area contributed by atoms with Crippen molar-refractivity contribution in [3.63, 3.8) is 0 Å². The van der Waals surface area contributed by atoms with E-state index in [1.54, 1.807) is 6.92 Å². The Labute approximate surface area is 87.2 Å². The molecule has 1 aliphatic rings. The Morgan fingerprint density at radius 3 is 2.73 bits per heavy atom. The molecule has 1 N–H and O–H groups in total. The van der Waals surface area contributed by atoms with Crippen molar-refractivity contribution < 1.29 is 14.8 Å². The maximum atomic E-state index is 11.0. The molecule has 0 aromatic rings. The van der Waals surface area contributed by atoms with E-state index >= 15 is 0 Å². The van der Waals surface area contributed by atoms with Gasteiger partial charge in [-0.1, -0.05) is 25.2 Å². The molecule has 0 saturated carbocycles. The second-order valence-electron chi connectivity index (χ2n) is 3.56. The monoisotopic (exact) mass is 211 g/mol. The minimum atomic E-state index is -1.48. The zero-order chi connectivity index (χ0) is 11.5. The van der Waals surface area contributed by atoms with Crippen molar-refractivity contribution in [3.05, 3.63) is 34.4 Å². The number of carbonyl (C=O) groups is 1. The predicted octanol–water partition coefficient (Wildman–Crippen LogP) is 1.63. The smallest absolute Gasteiger partial charge is 0.318 e. The highest BCUT2D eigenvalue weighted by atomic mass is 16.6. The Hall–Kier alpha value is -1.65. The van der Waals surface area contributed by atoms with Crippen molar-refractivity contribution in [2.45, 2.75) is 25.3 Å². The summed E-state index contributed by atoms with van der Waals surface area (Å²) in [7, 11) is 0. The van der Waals surface area contributed by atoms with Crippen molar-refractivity contribution in [2.75, 3.05) is 0 Å². The summed E-state index contributed by atoms with van der Waals surface area (Å²) in [5.74, 6) is -2.22. The molecule has 0 bridgehead atoms. The summed E-state index contributed by atoms with van der Waals surface area (Å²) >= 11 is 0. The van der Waals surface area contributed by atoms with Crippen LogP contribution in [-0.4, -0.2) is 21.5 Å². The highest BCUT2D eigenvalue weighted by Gasteiger charge is 2.50. The maximum absolute atomic E-state index is 11.0. The standard InChI is InChI=1S/C10H13NO4/c1-2-6-10(11(14)15)7-4-3-5-8(10)9(12)13/h3-5,7-8H,2,6H2,1H3,(H,12,13). The molecule has 2 atom stereocenters. The van der Waals surface area contributed by atoms with E-state index in [2.05, 4.69) is 0 Å². The second-order valence-corrected chi connectivity index (χ2v) is 3.56. The number of hydrogen-bond donors (Lipinski definition) is 1. The molecule has 0 spiro atoms. The first-order chi connectivity index (χ1) is 7.04. The van der Waals surface area contributed by atoms with Gasteiger partial charge in [-0.05, 0) is 12.5 Å². The molecule has 0 fully saturated rings. The van der Waals surface area contributed by atoms with Gasteiger partial charge in [0.15, 0.2) is 0 Å². The molecule has 0 aliphatic heterocycles. The zero-order valence-electron chi connectivity index (χ0n) is 8.42. The predicted molar refractivity (Wildman–Crippen MR) is 54.0 cm³/mol. The van der Waals surface area contributed by atoms with Crippen molar-refractivity contribution in [2.24, 2.45) is 5.92 Å². The number of allylic oxidation sites excluding steroid dienone is 2. The number of carboxylic acid groups (broad SMARTS) is 1. The van der Waals surface area contributed by atoms with Gasteiger partial charge in [0.25, 0.3) is 5.54 Å². The van der Waals surface area contributed by atoms with Gasteiger partial charge in [-0.25, -0.2) is 0 Å². The van der Waals surface area contributed by atoms with Crippen LogP contribution in [0.2, 0.25) is 0 Å². The Bertz CT molecular complexity index is 334. The molecule has 5 heteroatoms. The summed E-state index contributed by atoms with van der Waals surface area (Å²) < 4.78 is 0. The summed E-state index contributed by atoms with van der Waals surface area (Å²) in [5, 5.41) is 20.0. The van der Waals surface area contributed by atoms with Crippen LogP contribution in [0.5, 0.6) is 0 Å². The summed E-state index contributed by atoms with van der Waals surface area (Å²) in [4.78, 5) is 21.5. The molecule has 2 unspecified atom stereocenters. The number of nitrogens with zero attached hydrogens (tertiary/aromatic N) is 1. The quantitative estimate of drug-likeness (QED) is 0.566. The van der Waals surface area contributed by atoms with E-state index in [-0.39, 0.29) is 6.42 Å². The number of hydrogen-bond acceptors (Lipinski definition) is 3. The van der Waals surface area contributed by atoms with Gasteiger partial charge in [0, 0.05) is 11.3 Å². The van der Waals surface area contributed by atoms with Crippen molar-refractivity contribution >= 4 is 5.97 Å². The summed E-state index contributed by atoms with van der Waals surface area (Å²) in [6.07, 6.45) is 6.64. The first kappa shape index (κ1) is 11.4. The molecule has 5 nitrogen and oxygen atoms in total. The Morgan fingerprint density at radius 1 is 1.60 bits per heavy atom. The largest absolute Gasteiger partial charge is 0.481 e. The highest BCUT2D eigenvalue weighted by molar-refractivity contribution is 5.75. The zero-order valence-corrected chi connectivity index (χ0v) is 8.42. The lowest BCUT2D eigenvalue weighted by Gasteiger charge is -2.27. The molecule has 1 rings (SSSR count). The van der Waals surface area contributed by atoms with Crippen LogP contribution in [0.25, 0.3) is 0 Å². The lowest BCUT2D eigenvalue weighted by molar-refractivity contribution is -0.562. The van der Waals surface area contributed by atoms with Gasteiger partial charge in [0.2, 0.25) is 0 Å². The van der Waals surface area contributed by atoms with Crippen LogP contribution in [0.15, 0.2) is 24.3 Å². The van der Waals surface area contributed by atoms with Gasteiger partial charge in [-0.2, -0.15) is 0 Å². The fourth-order valence-electron chi connectivity index (χ4n) is 1.87. The number of aliphatic carboxylic acids is 1. The fraction of sp³-hybridized carbons (Fsp3) is 0.500. The molecular weight excluding hydrogens is 198 g/mol. The van der Waals surface area contributed by atoms with E-state index in [4.69, 9.17) is 5.11 Å². The Balaban J connectivity index is 3.13. The van der Waals surface area contributed by atoms with Crippen molar-refractivity contribution in [1.82, 2.24) is 0 Å². The normalized spacial score (nSPS) is 29.0. The second kappa shape index (κ2) is 4.25. The van der Waals surface area contributed by atoms with Crippen molar-refractivity contribution in [3.8, 4) is 0 Å². The average molecular weight is 211 g/mol. The molecule has 82 valence electrons.